The van der Waals surface area contributed by atoms with E-state index in [-0.39, 0.29) is 0 Å². The first kappa shape index (κ1) is 19.7. The molecule has 148 valence electrons. The average Bonchev–Trinajstić information content (AvgIpc) is 3.11. The summed E-state index contributed by atoms with van der Waals surface area (Å²) in [5.74, 6) is 0.897. The van der Waals surface area contributed by atoms with Crippen LogP contribution in [0.25, 0.3) is 10.9 Å². The lowest BCUT2D eigenvalue weighted by Gasteiger charge is -2.36. The lowest BCUT2D eigenvalue weighted by atomic mass is 10.2. The fourth-order valence-corrected chi connectivity index (χ4v) is 3.65. The number of aliphatic imine (C=N–C) groups is 1. The molecule has 0 spiro atoms. The molecule has 2 N–H and O–H groups in total. The minimum atomic E-state index is 0.517. The molecule has 2 heterocycles. The number of para-hydroxylation sites is 1. The van der Waals surface area contributed by atoms with Crippen molar-refractivity contribution in [2.75, 3.05) is 53.4 Å². The predicted octanol–water partition coefficient (Wildman–Crippen LogP) is 1.83. The van der Waals surface area contributed by atoms with Crippen LogP contribution in [-0.4, -0.2) is 79.7 Å². The van der Waals surface area contributed by atoms with Crippen molar-refractivity contribution in [3.63, 3.8) is 0 Å². The Morgan fingerprint density at radius 1 is 1.11 bits per heavy atom. The number of nitrogens with zero attached hydrogens (tertiary/aromatic N) is 4. The summed E-state index contributed by atoms with van der Waals surface area (Å²) in [6.07, 6.45) is 3.24. The molecule has 0 amide bonds. The molecular formula is C21H34N6. The van der Waals surface area contributed by atoms with Crippen LogP contribution in [-0.2, 0) is 6.54 Å². The van der Waals surface area contributed by atoms with Crippen LogP contribution in [0.2, 0.25) is 0 Å². The second kappa shape index (κ2) is 9.76. The third kappa shape index (κ3) is 5.47. The number of aromatic nitrogens is 1. The van der Waals surface area contributed by atoms with E-state index in [1.807, 2.05) is 7.05 Å². The number of likely N-dealkylation sites (N-methyl/N-ethyl adjacent to an activating group) is 1. The summed E-state index contributed by atoms with van der Waals surface area (Å²) in [5.41, 5.74) is 1.31. The zero-order chi connectivity index (χ0) is 19.1. The Bertz CT molecular complexity index is 729. The summed E-state index contributed by atoms with van der Waals surface area (Å²) < 4.78 is 2.32. The van der Waals surface area contributed by atoms with E-state index in [2.05, 4.69) is 80.5 Å². The van der Waals surface area contributed by atoms with Crippen molar-refractivity contribution < 1.29 is 0 Å². The van der Waals surface area contributed by atoms with Crippen molar-refractivity contribution in [3.05, 3.63) is 36.5 Å². The Kier molecular flexibility index (Phi) is 7.12. The van der Waals surface area contributed by atoms with Crippen LogP contribution in [0.4, 0.5) is 0 Å². The average molecular weight is 371 g/mol. The van der Waals surface area contributed by atoms with Crippen molar-refractivity contribution in [1.82, 2.24) is 25.0 Å². The Balaban J connectivity index is 1.36. The molecule has 1 aromatic carbocycles. The van der Waals surface area contributed by atoms with E-state index in [1.54, 1.807) is 0 Å². The van der Waals surface area contributed by atoms with E-state index in [1.165, 1.54) is 10.9 Å². The van der Waals surface area contributed by atoms with E-state index in [0.29, 0.717) is 6.04 Å². The zero-order valence-corrected chi connectivity index (χ0v) is 17.0. The summed E-state index contributed by atoms with van der Waals surface area (Å²) >= 11 is 0. The Morgan fingerprint density at radius 3 is 2.67 bits per heavy atom. The maximum atomic E-state index is 4.36. The minimum Gasteiger partial charge on any atom is -0.356 e. The number of nitrogens with one attached hydrogen (secondary N) is 2. The molecule has 0 bridgehead atoms. The first-order valence-corrected chi connectivity index (χ1v) is 10.1. The summed E-state index contributed by atoms with van der Waals surface area (Å²) in [4.78, 5) is 9.31. The Hall–Kier alpha value is -2.05. The molecule has 1 saturated heterocycles. The molecule has 0 saturated carbocycles. The molecule has 0 aliphatic carbocycles. The molecule has 1 aromatic heterocycles. The molecular weight excluding hydrogens is 336 g/mol. The fraction of sp³-hybridized carbons (Fsp3) is 0.571. The number of guanidine groups is 1. The highest BCUT2D eigenvalue weighted by molar-refractivity contribution is 5.80. The van der Waals surface area contributed by atoms with Gasteiger partial charge in [0.05, 0.1) is 0 Å². The van der Waals surface area contributed by atoms with Crippen LogP contribution in [0.15, 0.2) is 41.5 Å². The van der Waals surface area contributed by atoms with E-state index in [9.17, 15) is 0 Å². The summed E-state index contributed by atoms with van der Waals surface area (Å²) in [5, 5.41) is 8.23. The van der Waals surface area contributed by atoms with Gasteiger partial charge in [0.15, 0.2) is 5.96 Å². The predicted molar refractivity (Wildman–Crippen MR) is 114 cm³/mol. The third-order valence-corrected chi connectivity index (χ3v) is 5.50. The van der Waals surface area contributed by atoms with Crippen LogP contribution in [0, 0.1) is 0 Å². The number of benzene rings is 1. The molecule has 1 aliphatic heterocycles. The third-order valence-electron chi connectivity index (χ3n) is 5.50. The summed E-state index contributed by atoms with van der Waals surface area (Å²) in [6.45, 7) is 9.75. The van der Waals surface area contributed by atoms with Crippen molar-refractivity contribution in [2.45, 2.75) is 25.9 Å². The highest BCUT2D eigenvalue weighted by atomic mass is 15.3. The van der Waals surface area contributed by atoms with Crippen LogP contribution in [0.1, 0.15) is 13.3 Å². The molecule has 1 atom stereocenters. The normalized spacial score (nSPS) is 18.0. The van der Waals surface area contributed by atoms with Crippen molar-refractivity contribution in [1.29, 1.82) is 0 Å². The number of rotatable bonds is 7. The molecule has 1 fully saturated rings. The monoisotopic (exact) mass is 370 g/mol. The smallest absolute Gasteiger partial charge is 0.191 e. The van der Waals surface area contributed by atoms with Gasteiger partial charge < -0.3 is 20.1 Å². The van der Waals surface area contributed by atoms with E-state index in [0.717, 1.165) is 58.2 Å². The molecule has 0 radical (unpaired) electrons. The highest BCUT2D eigenvalue weighted by Crippen LogP contribution is 2.15. The number of fused-ring (bicyclic) bond motifs is 1. The van der Waals surface area contributed by atoms with Gasteiger partial charge in [0.1, 0.15) is 0 Å². The van der Waals surface area contributed by atoms with Crippen LogP contribution in [0.3, 0.4) is 0 Å². The fourth-order valence-electron chi connectivity index (χ4n) is 3.65. The first-order chi connectivity index (χ1) is 13.2. The van der Waals surface area contributed by atoms with Gasteiger partial charge in [0.2, 0.25) is 0 Å². The van der Waals surface area contributed by atoms with Crippen LogP contribution >= 0.6 is 0 Å². The molecule has 27 heavy (non-hydrogen) atoms. The molecule has 1 unspecified atom stereocenters. The Labute approximate surface area is 163 Å². The maximum Gasteiger partial charge on any atom is 0.191 e. The highest BCUT2D eigenvalue weighted by Gasteiger charge is 2.18. The second-order valence-electron chi connectivity index (χ2n) is 7.49. The van der Waals surface area contributed by atoms with Gasteiger partial charge in [0.25, 0.3) is 0 Å². The maximum absolute atomic E-state index is 4.36. The molecule has 3 rings (SSSR count). The number of aryl methyl sites for hydroxylation is 1. The van der Waals surface area contributed by atoms with Crippen molar-refractivity contribution in [3.8, 4) is 0 Å². The van der Waals surface area contributed by atoms with Gasteiger partial charge in [-0.2, -0.15) is 0 Å². The van der Waals surface area contributed by atoms with Gasteiger partial charge in [-0.25, -0.2) is 0 Å². The van der Waals surface area contributed by atoms with Crippen LogP contribution < -0.4 is 10.6 Å². The Morgan fingerprint density at radius 2 is 1.89 bits per heavy atom. The van der Waals surface area contributed by atoms with Crippen molar-refractivity contribution in [2.24, 2.45) is 4.99 Å². The standard InChI is InChI=1S/C21H34N6/c1-18(26-15-13-25(3)14-16-26)17-24-21(22-2)23-10-6-11-27-12-9-19-7-4-5-8-20(19)27/h4-5,7-9,12,18H,6,10-11,13-17H2,1-3H3,(H2,22,23,24). The topological polar surface area (TPSA) is 47.8 Å². The van der Waals surface area contributed by atoms with Gasteiger partial charge in [-0.15, -0.1) is 0 Å². The van der Waals surface area contributed by atoms with Gasteiger partial charge in [0, 0.05) is 70.6 Å². The van der Waals surface area contributed by atoms with Crippen LogP contribution in [0.5, 0.6) is 0 Å². The zero-order valence-electron chi connectivity index (χ0n) is 17.0. The summed E-state index contributed by atoms with van der Waals surface area (Å²) in [7, 11) is 4.04. The second-order valence-corrected chi connectivity index (χ2v) is 7.49. The number of piperazine rings is 1. The minimum absolute atomic E-state index is 0.517. The molecule has 1 aliphatic rings. The molecule has 6 nitrogen and oxygen atoms in total. The molecule has 2 aromatic rings. The van der Waals surface area contributed by atoms with Gasteiger partial charge in [-0.3, -0.25) is 9.89 Å². The first-order valence-electron chi connectivity index (χ1n) is 10.1. The number of hydrogen-bond donors (Lipinski definition) is 2. The van der Waals surface area contributed by atoms with E-state index in [4.69, 9.17) is 0 Å². The van der Waals surface area contributed by atoms with E-state index < -0.39 is 0 Å². The lowest BCUT2D eigenvalue weighted by molar-refractivity contribution is 0.120. The molecule has 6 heteroatoms. The van der Waals surface area contributed by atoms with Crippen molar-refractivity contribution >= 4 is 16.9 Å². The lowest BCUT2D eigenvalue weighted by Crippen LogP contribution is -2.52. The largest absolute Gasteiger partial charge is 0.356 e. The summed E-state index contributed by atoms with van der Waals surface area (Å²) in [6, 6.07) is 11.2. The van der Waals surface area contributed by atoms with E-state index >= 15 is 0 Å². The SMILES string of the molecule is CN=C(NCCCn1ccc2ccccc21)NCC(C)N1CCN(C)CC1. The quantitative estimate of drug-likeness (QED) is 0.444. The van der Waals surface area contributed by atoms with Gasteiger partial charge in [-0.1, -0.05) is 18.2 Å². The number of hydrogen-bond acceptors (Lipinski definition) is 3. The van der Waals surface area contributed by atoms with Gasteiger partial charge >= 0.3 is 0 Å². The van der Waals surface area contributed by atoms with Gasteiger partial charge in [-0.05, 0) is 37.9 Å².